The second-order valence-corrected chi connectivity index (χ2v) is 4.81. The fraction of sp³-hybridized carbons (Fsp3) is 0.333. The molecule has 0 bridgehead atoms. The van der Waals surface area contributed by atoms with Gasteiger partial charge in [0.15, 0.2) is 11.5 Å². The minimum Gasteiger partial charge on any atom is -0.493 e. The van der Waals surface area contributed by atoms with Crippen LogP contribution in [0.1, 0.15) is 24.1 Å². The van der Waals surface area contributed by atoms with Gasteiger partial charge in [-0.3, -0.25) is 9.78 Å². The zero-order valence-electron chi connectivity index (χ0n) is 12.7. The average molecular weight is 305 g/mol. The summed E-state index contributed by atoms with van der Waals surface area (Å²) in [7, 11) is 3.17. The molecule has 0 radical (unpaired) electrons. The molecule has 0 aliphatic heterocycles. The maximum Gasteiger partial charge on any atom is 0.325 e. The normalized spacial score (nSPS) is 12.0. The molecule has 0 aliphatic rings. The highest BCUT2D eigenvalue weighted by molar-refractivity contribution is 5.43. The Hall–Kier alpha value is -2.54. The smallest absolute Gasteiger partial charge is 0.325 e. The van der Waals surface area contributed by atoms with Crippen molar-refractivity contribution in [1.82, 2.24) is 15.3 Å². The number of hydrogen-bond acceptors (Lipinski definition) is 5. The SMILES string of the molecule is COc1ccc(C(C)NCc2c[nH]c(=O)[nH]c2=O)cc1OC. The number of nitrogens with one attached hydrogen (secondary N) is 3. The zero-order valence-corrected chi connectivity index (χ0v) is 12.7. The molecular weight excluding hydrogens is 286 g/mol. The first-order valence-corrected chi connectivity index (χ1v) is 6.81. The summed E-state index contributed by atoms with van der Waals surface area (Å²) in [6.07, 6.45) is 1.41. The zero-order chi connectivity index (χ0) is 16.1. The highest BCUT2D eigenvalue weighted by Crippen LogP contribution is 2.29. The molecule has 22 heavy (non-hydrogen) atoms. The van der Waals surface area contributed by atoms with Crippen molar-refractivity contribution in [2.45, 2.75) is 19.5 Å². The van der Waals surface area contributed by atoms with Crippen molar-refractivity contribution in [3.63, 3.8) is 0 Å². The Kier molecular flexibility index (Phi) is 5.00. The van der Waals surface area contributed by atoms with E-state index >= 15 is 0 Å². The number of methoxy groups -OCH3 is 2. The molecule has 1 aromatic carbocycles. The van der Waals surface area contributed by atoms with Crippen molar-refractivity contribution in [2.75, 3.05) is 14.2 Å². The predicted octanol–water partition coefficient (Wildman–Crippen LogP) is 0.931. The van der Waals surface area contributed by atoms with Gasteiger partial charge in [0.25, 0.3) is 5.56 Å². The summed E-state index contributed by atoms with van der Waals surface area (Å²) >= 11 is 0. The first kappa shape index (κ1) is 15.8. The lowest BCUT2D eigenvalue weighted by molar-refractivity contribution is 0.354. The van der Waals surface area contributed by atoms with Gasteiger partial charge < -0.3 is 19.8 Å². The average Bonchev–Trinajstić information content (AvgIpc) is 2.53. The molecule has 1 aromatic heterocycles. The molecule has 0 aliphatic carbocycles. The summed E-state index contributed by atoms with van der Waals surface area (Å²) in [4.78, 5) is 27.2. The van der Waals surface area contributed by atoms with Crippen LogP contribution in [0.5, 0.6) is 11.5 Å². The minimum atomic E-state index is -0.512. The number of aromatic amines is 2. The van der Waals surface area contributed by atoms with Gasteiger partial charge in [-0.15, -0.1) is 0 Å². The third-order valence-electron chi connectivity index (χ3n) is 3.40. The van der Waals surface area contributed by atoms with E-state index in [-0.39, 0.29) is 6.04 Å². The molecule has 3 N–H and O–H groups in total. The largest absolute Gasteiger partial charge is 0.493 e. The van der Waals surface area contributed by atoms with Crippen LogP contribution >= 0.6 is 0 Å². The lowest BCUT2D eigenvalue weighted by atomic mass is 10.1. The van der Waals surface area contributed by atoms with E-state index in [9.17, 15) is 9.59 Å². The summed E-state index contributed by atoms with van der Waals surface area (Å²) in [5, 5.41) is 3.23. The molecule has 0 spiro atoms. The first-order valence-electron chi connectivity index (χ1n) is 6.81. The predicted molar refractivity (Wildman–Crippen MR) is 82.5 cm³/mol. The Morgan fingerprint density at radius 1 is 1.18 bits per heavy atom. The van der Waals surface area contributed by atoms with E-state index in [0.29, 0.717) is 23.6 Å². The van der Waals surface area contributed by atoms with Gasteiger partial charge in [-0.2, -0.15) is 0 Å². The minimum absolute atomic E-state index is 0.00821. The van der Waals surface area contributed by atoms with Gasteiger partial charge in [0.2, 0.25) is 0 Å². The molecule has 7 heteroatoms. The maximum atomic E-state index is 11.6. The Morgan fingerprint density at radius 2 is 1.91 bits per heavy atom. The van der Waals surface area contributed by atoms with Crippen LogP contribution in [0, 0.1) is 0 Å². The van der Waals surface area contributed by atoms with E-state index in [1.165, 1.54) is 6.20 Å². The molecule has 1 atom stereocenters. The molecule has 2 rings (SSSR count). The van der Waals surface area contributed by atoms with Crippen molar-refractivity contribution >= 4 is 0 Å². The summed E-state index contributed by atoms with van der Waals surface area (Å²) < 4.78 is 10.5. The van der Waals surface area contributed by atoms with Crippen LogP contribution in [0.25, 0.3) is 0 Å². The summed E-state index contributed by atoms with van der Waals surface area (Å²) in [6, 6.07) is 5.63. The molecule has 0 amide bonds. The monoisotopic (exact) mass is 305 g/mol. The van der Waals surface area contributed by atoms with Crippen molar-refractivity contribution in [1.29, 1.82) is 0 Å². The van der Waals surface area contributed by atoms with E-state index in [1.54, 1.807) is 14.2 Å². The van der Waals surface area contributed by atoms with Gasteiger partial charge >= 0.3 is 5.69 Å². The Balaban J connectivity index is 2.10. The molecule has 1 heterocycles. The Labute approximate surface area is 127 Å². The molecular formula is C15H19N3O4. The highest BCUT2D eigenvalue weighted by Gasteiger charge is 2.10. The van der Waals surface area contributed by atoms with Crippen LogP contribution in [-0.4, -0.2) is 24.2 Å². The number of hydrogen-bond donors (Lipinski definition) is 3. The van der Waals surface area contributed by atoms with E-state index in [2.05, 4.69) is 15.3 Å². The fourth-order valence-electron chi connectivity index (χ4n) is 2.07. The van der Waals surface area contributed by atoms with E-state index in [0.717, 1.165) is 5.56 Å². The topological polar surface area (TPSA) is 96.2 Å². The molecule has 1 unspecified atom stereocenters. The van der Waals surface area contributed by atoms with Crippen LogP contribution in [0.4, 0.5) is 0 Å². The summed E-state index contributed by atoms with van der Waals surface area (Å²) in [6.45, 7) is 2.31. The Morgan fingerprint density at radius 3 is 2.55 bits per heavy atom. The van der Waals surface area contributed by atoms with Gasteiger partial charge in [0.1, 0.15) is 0 Å². The lowest BCUT2D eigenvalue weighted by Gasteiger charge is -2.16. The van der Waals surface area contributed by atoms with Gasteiger partial charge in [-0.1, -0.05) is 6.07 Å². The third kappa shape index (κ3) is 3.56. The summed E-state index contributed by atoms with van der Waals surface area (Å²) in [5.41, 5.74) is 0.558. The standard InChI is InChI=1S/C15H19N3O4/c1-9(10-4-5-12(21-2)13(6-10)22-3)16-7-11-8-17-15(20)18-14(11)19/h4-6,8-9,16H,7H2,1-3H3,(H2,17,18,19,20). The second-order valence-electron chi connectivity index (χ2n) is 4.81. The quantitative estimate of drug-likeness (QED) is 0.738. The number of H-pyrrole nitrogens is 2. The van der Waals surface area contributed by atoms with E-state index in [4.69, 9.17) is 9.47 Å². The van der Waals surface area contributed by atoms with Crippen molar-refractivity contribution in [2.24, 2.45) is 0 Å². The molecule has 7 nitrogen and oxygen atoms in total. The van der Waals surface area contributed by atoms with Crippen LogP contribution < -0.4 is 26.0 Å². The van der Waals surface area contributed by atoms with Gasteiger partial charge in [0, 0.05) is 24.3 Å². The van der Waals surface area contributed by atoms with Gasteiger partial charge in [-0.25, -0.2) is 4.79 Å². The molecule has 2 aromatic rings. The number of rotatable bonds is 6. The third-order valence-corrected chi connectivity index (χ3v) is 3.40. The van der Waals surface area contributed by atoms with Crippen LogP contribution in [0.2, 0.25) is 0 Å². The van der Waals surface area contributed by atoms with Crippen molar-refractivity contribution < 1.29 is 9.47 Å². The second kappa shape index (κ2) is 6.95. The molecule has 118 valence electrons. The van der Waals surface area contributed by atoms with E-state index in [1.807, 2.05) is 25.1 Å². The summed E-state index contributed by atoms with van der Waals surface area (Å²) in [5.74, 6) is 1.31. The van der Waals surface area contributed by atoms with Crippen molar-refractivity contribution in [3.05, 3.63) is 56.4 Å². The number of ether oxygens (including phenoxy) is 2. The highest BCUT2D eigenvalue weighted by atomic mass is 16.5. The molecule has 0 fully saturated rings. The van der Waals surface area contributed by atoms with Gasteiger partial charge in [-0.05, 0) is 24.6 Å². The first-order chi connectivity index (χ1) is 10.5. The van der Waals surface area contributed by atoms with Crippen LogP contribution in [-0.2, 0) is 6.54 Å². The number of aromatic nitrogens is 2. The number of benzene rings is 1. The lowest BCUT2D eigenvalue weighted by Crippen LogP contribution is -2.28. The van der Waals surface area contributed by atoms with Crippen LogP contribution in [0.15, 0.2) is 34.0 Å². The molecule has 0 saturated carbocycles. The van der Waals surface area contributed by atoms with Gasteiger partial charge in [0.05, 0.1) is 14.2 Å². The fourth-order valence-corrected chi connectivity index (χ4v) is 2.07. The maximum absolute atomic E-state index is 11.6. The van der Waals surface area contributed by atoms with E-state index < -0.39 is 11.2 Å². The van der Waals surface area contributed by atoms with Crippen LogP contribution in [0.3, 0.4) is 0 Å². The Bertz CT molecular complexity index is 751. The molecule has 0 saturated heterocycles. The van der Waals surface area contributed by atoms with Crippen molar-refractivity contribution in [3.8, 4) is 11.5 Å².